The topological polar surface area (TPSA) is 115 Å². The number of nitrogens with zero attached hydrogens (tertiary/aromatic N) is 5. The van der Waals surface area contributed by atoms with Gasteiger partial charge in [0, 0.05) is 50.0 Å². The van der Waals surface area contributed by atoms with Gasteiger partial charge >= 0.3 is 0 Å². The summed E-state index contributed by atoms with van der Waals surface area (Å²) < 4.78 is 0. The van der Waals surface area contributed by atoms with E-state index >= 15 is 0 Å². The predicted molar refractivity (Wildman–Crippen MR) is 183 cm³/mol. The van der Waals surface area contributed by atoms with Crippen LogP contribution in [-0.4, -0.2) is 98.7 Å². The first kappa shape index (κ1) is 32.5. The molecule has 2 bridgehead atoms. The number of rotatable bonds is 6. The average Bonchev–Trinajstić information content (AvgIpc) is 3.77. The van der Waals surface area contributed by atoms with E-state index in [0.717, 1.165) is 55.7 Å². The van der Waals surface area contributed by atoms with Crippen molar-refractivity contribution in [2.24, 2.45) is 0 Å². The highest BCUT2D eigenvalue weighted by atomic mass is 32.2. The molecule has 2 aromatic heterocycles. The Morgan fingerprint density at radius 3 is 2.45 bits per heavy atom. The summed E-state index contributed by atoms with van der Waals surface area (Å²) >= 11 is 1.40. The summed E-state index contributed by atoms with van der Waals surface area (Å²) in [6.45, 7) is 3.65. The number of hydrogen-bond donors (Lipinski definition) is 2. The van der Waals surface area contributed by atoms with Gasteiger partial charge in [-0.1, -0.05) is 48.5 Å². The maximum absolute atomic E-state index is 14.1. The number of pyridine rings is 1. The van der Waals surface area contributed by atoms with E-state index in [1.807, 2.05) is 65.9 Å². The van der Waals surface area contributed by atoms with Gasteiger partial charge in [0.25, 0.3) is 11.8 Å². The highest BCUT2D eigenvalue weighted by Gasteiger charge is 2.43. The lowest BCUT2D eigenvalue weighted by molar-refractivity contribution is -0.124. The van der Waals surface area contributed by atoms with Gasteiger partial charge in [0.1, 0.15) is 11.1 Å². The van der Waals surface area contributed by atoms with E-state index in [-0.39, 0.29) is 30.3 Å². The van der Waals surface area contributed by atoms with Crippen LogP contribution in [0, 0.1) is 0 Å². The summed E-state index contributed by atoms with van der Waals surface area (Å²) in [6.07, 6.45) is 8.29. The van der Waals surface area contributed by atoms with Crippen molar-refractivity contribution in [3.63, 3.8) is 0 Å². The number of aromatic amines is 1. The fourth-order valence-electron chi connectivity index (χ4n) is 6.63. The first-order chi connectivity index (χ1) is 23.0. The Morgan fingerprint density at radius 2 is 1.66 bits per heavy atom. The van der Waals surface area contributed by atoms with E-state index in [1.54, 1.807) is 23.2 Å². The highest BCUT2D eigenvalue weighted by Crippen LogP contribution is 2.29. The molecule has 2 fully saturated rings. The van der Waals surface area contributed by atoms with Crippen LogP contribution in [0.4, 0.5) is 0 Å². The predicted octanol–water partition coefficient (Wildman–Crippen LogP) is 4.72. The second kappa shape index (κ2) is 15.4. The molecule has 47 heavy (non-hydrogen) atoms. The molecule has 4 heterocycles. The lowest BCUT2D eigenvalue weighted by Gasteiger charge is -2.31. The lowest BCUT2D eigenvalue weighted by atomic mass is 10.1. The van der Waals surface area contributed by atoms with Crippen LogP contribution in [0.5, 0.6) is 0 Å². The van der Waals surface area contributed by atoms with E-state index in [0.29, 0.717) is 35.7 Å². The molecule has 0 radical (unpaired) electrons. The number of carbonyl (C=O) groups is 3. The minimum atomic E-state index is -0.676. The summed E-state index contributed by atoms with van der Waals surface area (Å²) in [4.78, 5) is 52.1. The van der Waals surface area contributed by atoms with Crippen molar-refractivity contribution in [1.29, 1.82) is 0 Å². The molecular formula is C36H41N7O3S. The van der Waals surface area contributed by atoms with Crippen LogP contribution in [0.1, 0.15) is 52.0 Å². The number of thioether (sulfide) groups is 1. The van der Waals surface area contributed by atoms with Gasteiger partial charge < -0.3 is 15.1 Å². The van der Waals surface area contributed by atoms with E-state index in [1.165, 1.54) is 11.8 Å². The molecular weight excluding hydrogens is 611 g/mol. The van der Waals surface area contributed by atoms with Crippen molar-refractivity contribution < 1.29 is 14.4 Å². The number of likely N-dealkylation sites (tertiary alicyclic amines) is 1. The van der Waals surface area contributed by atoms with Gasteiger partial charge in [0.2, 0.25) is 5.91 Å². The monoisotopic (exact) mass is 651 g/mol. The zero-order chi connectivity index (χ0) is 32.6. The van der Waals surface area contributed by atoms with Crippen molar-refractivity contribution in [2.75, 3.05) is 39.0 Å². The van der Waals surface area contributed by atoms with Crippen molar-refractivity contribution >= 4 is 29.5 Å². The Hall–Kier alpha value is -4.48. The Kier molecular flexibility index (Phi) is 10.6. The van der Waals surface area contributed by atoms with Crippen LogP contribution in [0.3, 0.4) is 0 Å². The van der Waals surface area contributed by atoms with Crippen LogP contribution >= 0.6 is 11.8 Å². The molecule has 2 aliphatic rings. The molecule has 2 N–H and O–H groups in total. The highest BCUT2D eigenvalue weighted by molar-refractivity contribution is 7.98. The smallest absolute Gasteiger partial charge is 0.257 e. The van der Waals surface area contributed by atoms with Crippen molar-refractivity contribution in [2.45, 2.75) is 49.3 Å². The third-order valence-corrected chi connectivity index (χ3v) is 9.72. The molecule has 244 valence electrons. The molecule has 2 aliphatic heterocycles. The molecule has 2 aromatic carbocycles. The number of fused-ring (bicyclic) bond motifs is 2. The molecule has 10 nitrogen and oxygen atoms in total. The number of aromatic nitrogens is 3. The van der Waals surface area contributed by atoms with Gasteiger partial charge in [-0.25, -0.2) is 4.98 Å². The summed E-state index contributed by atoms with van der Waals surface area (Å²) in [5.74, 6) is -0.500. The van der Waals surface area contributed by atoms with Crippen LogP contribution < -0.4 is 5.32 Å². The molecule has 6 rings (SSSR count). The number of amides is 3. The Bertz CT molecular complexity index is 1670. The normalized spacial score (nSPS) is 19.6. The van der Waals surface area contributed by atoms with E-state index in [9.17, 15) is 14.4 Å². The zero-order valence-corrected chi connectivity index (χ0v) is 27.5. The summed E-state index contributed by atoms with van der Waals surface area (Å²) in [5.41, 5.74) is 4.30. The molecule has 0 unspecified atom stereocenters. The van der Waals surface area contributed by atoms with Gasteiger partial charge in [-0.05, 0) is 68.3 Å². The number of H-pyrrole nitrogens is 1. The second-order valence-electron chi connectivity index (χ2n) is 12.1. The van der Waals surface area contributed by atoms with Gasteiger partial charge in [-0.15, -0.1) is 11.8 Å². The summed E-state index contributed by atoms with van der Waals surface area (Å²) in [5, 5.41) is 11.3. The van der Waals surface area contributed by atoms with E-state index < -0.39 is 6.04 Å². The third kappa shape index (κ3) is 7.58. The molecule has 0 saturated carbocycles. The molecule has 11 heteroatoms. The molecule has 2 saturated heterocycles. The third-order valence-electron chi connectivity index (χ3n) is 9.01. The fourth-order valence-corrected chi connectivity index (χ4v) is 7.17. The van der Waals surface area contributed by atoms with Crippen molar-refractivity contribution in [1.82, 2.24) is 35.2 Å². The number of nitrogens with one attached hydrogen (secondary N) is 2. The molecule has 2 atom stereocenters. The van der Waals surface area contributed by atoms with Gasteiger partial charge in [-0.2, -0.15) is 5.10 Å². The average molecular weight is 652 g/mol. The van der Waals surface area contributed by atoms with E-state index in [4.69, 9.17) is 0 Å². The van der Waals surface area contributed by atoms with Gasteiger partial charge in [-0.3, -0.25) is 24.4 Å². The first-order valence-corrected chi connectivity index (χ1v) is 17.5. The summed E-state index contributed by atoms with van der Waals surface area (Å²) in [6, 6.07) is 22.0. The molecule has 4 aromatic rings. The Labute approximate surface area is 279 Å². The minimum Gasteiger partial charge on any atom is -0.354 e. The van der Waals surface area contributed by atoms with Crippen LogP contribution in [0.25, 0.3) is 11.3 Å². The van der Waals surface area contributed by atoms with Crippen molar-refractivity contribution in [3.8, 4) is 11.3 Å². The molecule has 0 aliphatic carbocycles. The van der Waals surface area contributed by atoms with Gasteiger partial charge in [0.05, 0.1) is 23.5 Å². The largest absolute Gasteiger partial charge is 0.354 e. The molecule has 3 amide bonds. The maximum Gasteiger partial charge on any atom is 0.257 e. The summed E-state index contributed by atoms with van der Waals surface area (Å²) in [7, 11) is 0. The lowest BCUT2D eigenvalue weighted by Crippen LogP contribution is -2.46. The second-order valence-corrected chi connectivity index (χ2v) is 12.8. The fraction of sp³-hybridized carbons (Fsp3) is 0.361. The first-order valence-electron chi connectivity index (χ1n) is 16.3. The zero-order valence-electron chi connectivity index (χ0n) is 26.7. The quantitative estimate of drug-likeness (QED) is 0.290. The van der Waals surface area contributed by atoms with Crippen molar-refractivity contribution in [3.05, 3.63) is 102 Å². The molecule has 0 spiro atoms. The van der Waals surface area contributed by atoms with Gasteiger partial charge in [0.15, 0.2) is 0 Å². The Morgan fingerprint density at radius 1 is 0.894 bits per heavy atom. The number of hydrogen-bond acceptors (Lipinski definition) is 7. The maximum atomic E-state index is 14.1. The van der Waals surface area contributed by atoms with Crippen LogP contribution in [-0.2, 0) is 11.3 Å². The van der Waals surface area contributed by atoms with Crippen LogP contribution in [0.2, 0.25) is 0 Å². The standard InChI is InChI=1S/C36H41N7O3S/c1-47-34-30(16-10-18-38-34)36(46)43-25-29-22-31(43)33(44)37-17-8-9-19-41(20-11-21-42(29)35(45)27-14-6-3-7-15-27)24-28-23-39-40-32(28)26-12-4-2-5-13-26/h2-7,10,12-16,18,23,29,31H,8-9,11,17,19-22,24-25H2,1H3,(H,37,44)(H,39,40)/t29-,31-/m0/s1. The minimum absolute atomic E-state index is 0.0879. The number of benzene rings is 2. The van der Waals surface area contributed by atoms with E-state index in [2.05, 4.69) is 37.5 Å². The SMILES string of the molecule is CSc1ncccc1C(=O)N1C[C@@H]2C[C@H]1C(=O)NCCCCN(Cc1cn[nH]c1-c1ccccc1)CCCN2C(=O)c1ccccc1. The Balaban J connectivity index is 1.26. The van der Waals surface area contributed by atoms with Crippen LogP contribution in [0.15, 0.2) is 90.2 Å². The number of carbonyl (C=O) groups excluding carboxylic acids is 3.